The molecule has 2 amide bonds. The van der Waals surface area contributed by atoms with E-state index in [1.54, 1.807) is 11.4 Å². The lowest BCUT2D eigenvalue weighted by atomic mass is 10.2. The number of nitrogens with zero attached hydrogens (tertiary/aromatic N) is 1. The van der Waals surface area contributed by atoms with Crippen LogP contribution in [-0.2, 0) is 14.3 Å². The number of ether oxygens (including phenoxy) is 3. The van der Waals surface area contributed by atoms with Gasteiger partial charge in [0.25, 0.3) is 11.8 Å². The number of fused-ring (bicyclic) bond motifs is 1. The van der Waals surface area contributed by atoms with E-state index in [2.05, 4.69) is 15.6 Å². The van der Waals surface area contributed by atoms with Gasteiger partial charge in [-0.25, -0.2) is 13.8 Å². The first-order chi connectivity index (χ1) is 15.9. The highest BCUT2D eigenvalue weighted by Crippen LogP contribution is 2.32. The van der Waals surface area contributed by atoms with Crippen LogP contribution in [-0.4, -0.2) is 42.7 Å². The largest absolute Gasteiger partial charge is 0.454 e. The van der Waals surface area contributed by atoms with Crippen LogP contribution in [0.1, 0.15) is 10.4 Å². The van der Waals surface area contributed by atoms with E-state index in [0.29, 0.717) is 22.8 Å². The Morgan fingerprint density at radius 2 is 1.88 bits per heavy atom. The number of esters is 1. The topological polar surface area (TPSA) is 116 Å². The fraction of sp³-hybridized carbons (Fsp3) is 0.143. The summed E-state index contributed by atoms with van der Waals surface area (Å²) in [7, 11) is 0. The molecule has 0 unspecified atom stereocenters. The van der Waals surface area contributed by atoms with Crippen molar-refractivity contribution >= 4 is 34.3 Å². The molecule has 2 heterocycles. The third-order valence-corrected chi connectivity index (χ3v) is 5.12. The number of halogens is 2. The van der Waals surface area contributed by atoms with Crippen LogP contribution < -0.4 is 20.1 Å². The van der Waals surface area contributed by atoms with Gasteiger partial charge in [0, 0.05) is 16.5 Å². The summed E-state index contributed by atoms with van der Waals surface area (Å²) in [6, 6.07) is 7.92. The molecule has 1 aliphatic heterocycles. The van der Waals surface area contributed by atoms with Gasteiger partial charge in [-0.3, -0.25) is 19.7 Å². The fourth-order valence-corrected chi connectivity index (χ4v) is 3.50. The van der Waals surface area contributed by atoms with Gasteiger partial charge in [-0.05, 0) is 36.4 Å². The van der Waals surface area contributed by atoms with Gasteiger partial charge in [-0.2, -0.15) is 0 Å². The number of carbonyl (C=O) groups is 3. The number of nitrogens with one attached hydrogen (secondary N) is 2. The van der Waals surface area contributed by atoms with E-state index in [9.17, 15) is 23.2 Å². The molecule has 1 aromatic heterocycles. The Morgan fingerprint density at radius 1 is 1.06 bits per heavy atom. The average Bonchev–Trinajstić information content (AvgIpc) is 3.47. The van der Waals surface area contributed by atoms with Crippen molar-refractivity contribution in [2.45, 2.75) is 0 Å². The van der Waals surface area contributed by atoms with E-state index < -0.39 is 42.6 Å². The van der Waals surface area contributed by atoms with Gasteiger partial charge in [-0.1, -0.05) is 0 Å². The van der Waals surface area contributed by atoms with Crippen molar-refractivity contribution in [3.63, 3.8) is 0 Å². The zero-order valence-corrected chi connectivity index (χ0v) is 17.5. The Labute approximate surface area is 189 Å². The van der Waals surface area contributed by atoms with Crippen LogP contribution >= 0.6 is 11.3 Å². The zero-order valence-electron chi connectivity index (χ0n) is 16.7. The highest BCUT2D eigenvalue weighted by atomic mass is 32.1. The van der Waals surface area contributed by atoms with Gasteiger partial charge in [0.1, 0.15) is 6.54 Å². The molecule has 0 fully saturated rings. The maximum Gasteiger partial charge on any atom is 0.325 e. The lowest BCUT2D eigenvalue weighted by Crippen LogP contribution is -2.32. The van der Waals surface area contributed by atoms with Crippen molar-refractivity contribution in [3.05, 3.63) is 59.0 Å². The van der Waals surface area contributed by atoms with E-state index in [1.807, 2.05) is 0 Å². The van der Waals surface area contributed by atoms with Crippen LogP contribution in [0.4, 0.5) is 13.9 Å². The third-order valence-electron chi connectivity index (χ3n) is 4.36. The molecule has 9 nitrogen and oxygen atoms in total. The fourth-order valence-electron chi connectivity index (χ4n) is 2.76. The second-order valence-electron chi connectivity index (χ2n) is 6.63. The summed E-state index contributed by atoms with van der Waals surface area (Å²) >= 11 is 1.06. The van der Waals surface area contributed by atoms with Crippen LogP contribution in [0, 0.1) is 11.6 Å². The third kappa shape index (κ3) is 5.41. The van der Waals surface area contributed by atoms with Crippen molar-refractivity contribution in [3.8, 4) is 22.8 Å². The maximum absolute atomic E-state index is 13.4. The molecule has 12 heteroatoms. The molecule has 33 heavy (non-hydrogen) atoms. The Morgan fingerprint density at radius 3 is 2.70 bits per heavy atom. The molecule has 0 aliphatic carbocycles. The minimum Gasteiger partial charge on any atom is -0.454 e. The molecule has 0 radical (unpaired) electrons. The highest BCUT2D eigenvalue weighted by Gasteiger charge is 2.17. The molecule has 4 rings (SSSR count). The molecule has 1 aliphatic rings. The number of rotatable bonds is 7. The normalized spacial score (nSPS) is 11.7. The molecule has 3 aromatic rings. The number of amides is 2. The van der Waals surface area contributed by atoms with Crippen LogP contribution in [0.15, 0.2) is 41.8 Å². The number of anilines is 1. The lowest BCUT2D eigenvalue weighted by molar-refractivity contribution is -0.146. The van der Waals surface area contributed by atoms with Gasteiger partial charge < -0.3 is 19.5 Å². The summed E-state index contributed by atoms with van der Waals surface area (Å²) < 4.78 is 41.6. The van der Waals surface area contributed by atoms with Crippen molar-refractivity contribution in [1.29, 1.82) is 0 Å². The molecule has 0 spiro atoms. The molecule has 0 bridgehead atoms. The minimum atomic E-state index is -1.01. The van der Waals surface area contributed by atoms with E-state index in [0.717, 1.165) is 23.5 Å². The second kappa shape index (κ2) is 9.61. The van der Waals surface area contributed by atoms with Crippen molar-refractivity contribution in [2.75, 3.05) is 25.3 Å². The van der Waals surface area contributed by atoms with E-state index in [1.165, 1.54) is 18.2 Å². The number of aromatic nitrogens is 1. The average molecular weight is 475 g/mol. The Kier molecular flexibility index (Phi) is 6.45. The summed E-state index contributed by atoms with van der Waals surface area (Å²) in [6.07, 6.45) is 0. The minimum absolute atomic E-state index is 0.0713. The van der Waals surface area contributed by atoms with Crippen LogP contribution in [0.5, 0.6) is 11.5 Å². The monoisotopic (exact) mass is 475 g/mol. The van der Waals surface area contributed by atoms with Gasteiger partial charge in [0.05, 0.1) is 5.69 Å². The maximum atomic E-state index is 13.4. The molecule has 2 aromatic carbocycles. The smallest absolute Gasteiger partial charge is 0.325 e. The number of thiazole rings is 1. The number of hydrogen-bond donors (Lipinski definition) is 2. The number of hydrogen-bond acceptors (Lipinski definition) is 8. The summed E-state index contributed by atoms with van der Waals surface area (Å²) in [6.45, 7) is -0.973. The summed E-state index contributed by atoms with van der Waals surface area (Å²) in [5, 5.41) is 6.56. The molecule has 0 saturated heterocycles. The van der Waals surface area contributed by atoms with Gasteiger partial charge in [-0.15, -0.1) is 11.3 Å². The summed E-state index contributed by atoms with van der Waals surface area (Å²) in [5.74, 6) is -3.04. The van der Waals surface area contributed by atoms with Gasteiger partial charge >= 0.3 is 5.97 Å². The van der Waals surface area contributed by atoms with Crippen molar-refractivity contribution in [1.82, 2.24) is 10.3 Å². The molecule has 170 valence electrons. The highest BCUT2D eigenvalue weighted by molar-refractivity contribution is 7.14. The first-order valence-electron chi connectivity index (χ1n) is 9.43. The molecular weight excluding hydrogens is 460 g/mol. The van der Waals surface area contributed by atoms with Crippen molar-refractivity contribution < 1.29 is 37.4 Å². The summed E-state index contributed by atoms with van der Waals surface area (Å²) in [4.78, 5) is 40.1. The van der Waals surface area contributed by atoms with Crippen LogP contribution in [0.25, 0.3) is 11.3 Å². The second-order valence-corrected chi connectivity index (χ2v) is 7.48. The van der Waals surface area contributed by atoms with E-state index >= 15 is 0 Å². The molecule has 0 atom stereocenters. The quantitative estimate of drug-likeness (QED) is 0.505. The first-order valence-corrected chi connectivity index (χ1v) is 10.3. The van der Waals surface area contributed by atoms with Crippen LogP contribution in [0.2, 0.25) is 0 Å². The predicted molar refractivity (Wildman–Crippen MR) is 112 cm³/mol. The molecule has 0 saturated carbocycles. The SMILES string of the molecule is O=C(COC(=O)CNC(=O)c1ccc2c(c1)OCO2)Nc1nc(-c2ccc(F)c(F)c2)cs1. The zero-order chi connectivity index (χ0) is 23.4. The van der Waals surface area contributed by atoms with Gasteiger partial charge in [0.15, 0.2) is 34.9 Å². The number of carbonyl (C=O) groups excluding carboxylic acids is 3. The van der Waals surface area contributed by atoms with E-state index in [4.69, 9.17) is 14.2 Å². The molecular formula is C21H15F2N3O6S. The summed E-state index contributed by atoms with van der Waals surface area (Å²) in [5.41, 5.74) is 0.957. The standard InChI is InChI=1S/C21H15F2N3O6S/c22-13-3-1-11(5-14(13)23)15-9-33-21(25-15)26-18(27)8-30-19(28)7-24-20(29)12-2-4-16-17(6-12)32-10-31-16/h1-6,9H,7-8,10H2,(H,24,29)(H,25,26,27). The number of benzene rings is 2. The van der Waals surface area contributed by atoms with E-state index in [-0.39, 0.29) is 17.5 Å². The van der Waals surface area contributed by atoms with Crippen LogP contribution in [0.3, 0.4) is 0 Å². The lowest BCUT2D eigenvalue weighted by Gasteiger charge is -2.07. The first kappa shape index (κ1) is 22.1. The molecule has 2 N–H and O–H groups in total. The van der Waals surface area contributed by atoms with Gasteiger partial charge in [0.2, 0.25) is 6.79 Å². The Balaban J connectivity index is 1.22. The Hall–Kier alpha value is -4.06. The predicted octanol–water partition coefficient (Wildman–Crippen LogP) is 2.73. The Bertz CT molecular complexity index is 1230. The van der Waals surface area contributed by atoms with Crippen molar-refractivity contribution in [2.24, 2.45) is 0 Å².